The van der Waals surface area contributed by atoms with Gasteiger partial charge in [0, 0.05) is 25.3 Å². The number of nitrogens with one attached hydrogen (secondary N) is 1. The third-order valence-corrected chi connectivity index (χ3v) is 4.02. The van der Waals surface area contributed by atoms with Crippen molar-refractivity contribution < 1.29 is 14.3 Å². The number of aryl methyl sites for hydroxylation is 2. The highest BCUT2D eigenvalue weighted by atomic mass is 16.5. The first-order valence-electron chi connectivity index (χ1n) is 8.10. The fraction of sp³-hybridized carbons (Fsp3) is 0.300. The zero-order chi connectivity index (χ0) is 18.6. The average Bonchev–Trinajstić information content (AvgIpc) is 2.57. The summed E-state index contributed by atoms with van der Waals surface area (Å²) < 4.78 is 5.71. The molecule has 5 nitrogen and oxygen atoms in total. The third-order valence-electron chi connectivity index (χ3n) is 4.02. The molecule has 0 saturated carbocycles. The van der Waals surface area contributed by atoms with Crippen LogP contribution in [-0.4, -0.2) is 37.4 Å². The van der Waals surface area contributed by atoms with Crippen LogP contribution in [0.2, 0.25) is 0 Å². The maximum atomic E-state index is 12.2. The third kappa shape index (κ3) is 4.59. The second-order valence-corrected chi connectivity index (χ2v) is 6.27. The number of carbonyl (C=O) groups is 2. The van der Waals surface area contributed by atoms with Crippen LogP contribution in [-0.2, 0) is 4.79 Å². The van der Waals surface area contributed by atoms with Crippen molar-refractivity contribution in [3.8, 4) is 5.75 Å². The molecule has 0 aliphatic rings. The number of benzene rings is 2. The van der Waals surface area contributed by atoms with Crippen LogP contribution in [0.25, 0.3) is 0 Å². The van der Waals surface area contributed by atoms with Crippen LogP contribution in [0.1, 0.15) is 27.0 Å². The summed E-state index contributed by atoms with van der Waals surface area (Å²) in [4.78, 5) is 25.7. The van der Waals surface area contributed by atoms with Gasteiger partial charge in [0.05, 0.1) is 0 Å². The lowest BCUT2D eigenvalue weighted by molar-refractivity contribution is -0.118. The molecule has 0 bridgehead atoms. The Kier molecular flexibility index (Phi) is 5.80. The molecule has 2 aromatic carbocycles. The Morgan fingerprint density at radius 2 is 1.72 bits per heavy atom. The molecular weight excluding hydrogens is 316 g/mol. The van der Waals surface area contributed by atoms with E-state index in [0.29, 0.717) is 11.3 Å². The number of nitrogens with zero attached hydrogens (tertiary/aromatic N) is 1. The summed E-state index contributed by atoms with van der Waals surface area (Å²) in [5, 5.41) is 2.77. The van der Waals surface area contributed by atoms with Crippen LogP contribution in [0.3, 0.4) is 0 Å². The van der Waals surface area contributed by atoms with Crippen molar-refractivity contribution in [2.75, 3.05) is 26.0 Å². The highest BCUT2D eigenvalue weighted by Crippen LogP contribution is 2.25. The van der Waals surface area contributed by atoms with Crippen molar-refractivity contribution in [3.05, 3.63) is 58.7 Å². The molecule has 0 spiro atoms. The fourth-order valence-electron chi connectivity index (χ4n) is 2.47. The second kappa shape index (κ2) is 7.83. The van der Waals surface area contributed by atoms with Crippen LogP contribution in [0.5, 0.6) is 5.75 Å². The molecule has 1 N–H and O–H groups in total. The van der Waals surface area contributed by atoms with E-state index in [1.165, 1.54) is 4.90 Å². The Labute approximate surface area is 148 Å². The number of carbonyl (C=O) groups excluding carboxylic acids is 2. The van der Waals surface area contributed by atoms with E-state index in [-0.39, 0.29) is 18.4 Å². The van der Waals surface area contributed by atoms with Gasteiger partial charge in [-0.1, -0.05) is 18.2 Å². The van der Waals surface area contributed by atoms with E-state index in [2.05, 4.69) is 5.32 Å². The van der Waals surface area contributed by atoms with Gasteiger partial charge in [-0.15, -0.1) is 0 Å². The van der Waals surface area contributed by atoms with Gasteiger partial charge in [0.2, 0.25) is 0 Å². The smallest absolute Gasteiger partial charge is 0.262 e. The summed E-state index contributed by atoms with van der Waals surface area (Å²) >= 11 is 0. The molecule has 0 aliphatic heterocycles. The standard InChI is InChI=1S/C20H24N2O3/c1-13-9-10-14(2)19(15(13)3)25-12-18(23)21-17-8-6-7-16(11-17)20(24)22(4)5/h6-11H,12H2,1-5H3,(H,21,23). The Balaban J connectivity index is 2.03. The highest BCUT2D eigenvalue weighted by molar-refractivity contribution is 5.97. The first kappa shape index (κ1) is 18.5. The average molecular weight is 340 g/mol. The van der Waals surface area contributed by atoms with Gasteiger partial charge in [-0.05, 0) is 55.7 Å². The molecule has 132 valence electrons. The molecule has 2 aromatic rings. The number of ether oxygens (including phenoxy) is 1. The van der Waals surface area contributed by atoms with Crippen molar-refractivity contribution in [2.45, 2.75) is 20.8 Å². The quantitative estimate of drug-likeness (QED) is 0.908. The van der Waals surface area contributed by atoms with Crippen molar-refractivity contribution in [2.24, 2.45) is 0 Å². The zero-order valence-electron chi connectivity index (χ0n) is 15.3. The zero-order valence-corrected chi connectivity index (χ0v) is 15.3. The van der Waals surface area contributed by atoms with E-state index in [1.807, 2.05) is 32.9 Å². The maximum absolute atomic E-state index is 12.2. The van der Waals surface area contributed by atoms with E-state index < -0.39 is 0 Å². The van der Waals surface area contributed by atoms with Gasteiger partial charge in [0.1, 0.15) is 5.75 Å². The monoisotopic (exact) mass is 340 g/mol. The minimum atomic E-state index is -0.269. The SMILES string of the molecule is Cc1ccc(C)c(OCC(=O)Nc2cccc(C(=O)N(C)C)c2)c1C. The first-order chi connectivity index (χ1) is 11.8. The van der Waals surface area contributed by atoms with Crippen LogP contribution < -0.4 is 10.1 Å². The highest BCUT2D eigenvalue weighted by Gasteiger charge is 2.11. The molecule has 0 saturated heterocycles. The van der Waals surface area contributed by atoms with Gasteiger partial charge in [0.15, 0.2) is 6.61 Å². The van der Waals surface area contributed by atoms with E-state index >= 15 is 0 Å². The summed E-state index contributed by atoms with van der Waals surface area (Å²) in [6.07, 6.45) is 0. The molecule has 0 fully saturated rings. The molecule has 2 rings (SSSR count). The second-order valence-electron chi connectivity index (χ2n) is 6.27. The number of amides is 2. The number of anilines is 1. The molecule has 0 atom stereocenters. The molecule has 25 heavy (non-hydrogen) atoms. The topological polar surface area (TPSA) is 58.6 Å². The number of hydrogen-bond acceptors (Lipinski definition) is 3. The van der Waals surface area contributed by atoms with Gasteiger partial charge in [0.25, 0.3) is 11.8 Å². The fourth-order valence-corrected chi connectivity index (χ4v) is 2.47. The van der Waals surface area contributed by atoms with E-state index in [9.17, 15) is 9.59 Å². The summed E-state index contributed by atoms with van der Waals surface area (Å²) in [5.74, 6) is 0.361. The van der Waals surface area contributed by atoms with E-state index in [0.717, 1.165) is 22.4 Å². The van der Waals surface area contributed by atoms with Crippen LogP contribution in [0.4, 0.5) is 5.69 Å². The molecule has 0 heterocycles. The molecule has 5 heteroatoms. The molecule has 0 aromatic heterocycles. The normalized spacial score (nSPS) is 10.3. The minimum Gasteiger partial charge on any atom is -0.483 e. The lowest BCUT2D eigenvalue weighted by Gasteiger charge is -2.14. The van der Waals surface area contributed by atoms with Gasteiger partial charge < -0.3 is 15.0 Å². The summed E-state index contributed by atoms with van der Waals surface area (Å²) in [6.45, 7) is 5.86. The predicted molar refractivity (Wildman–Crippen MR) is 99.2 cm³/mol. The van der Waals surface area contributed by atoms with Crippen LogP contribution in [0.15, 0.2) is 36.4 Å². The summed E-state index contributed by atoms with van der Waals surface area (Å²) in [5.41, 5.74) is 4.24. The lowest BCUT2D eigenvalue weighted by atomic mass is 10.1. The van der Waals surface area contributed by atoms with Crippen LogP contribution in [0, 0.1) is 20.8 Å². The predicted octanol–water partition coefficient (Wildman–Crippen LogP) is 3.33. The van der Waals surface area contributed by atoms with Crippen LogP contribution >= 0.6 is 0 Å². The summed E-state index contributed by atoms with van der Waals surface area (Å²) in [7, 11) is 3.38. The Bertz CT molecular complexity index is 798. The van der Waals surface area contributed by atoms with Gasteiger partial charge in [-0.2, -0.15) is 0 Å². The largest absolute Gasteiger partial charge is 0.483 e. The number of hydrogen-bond donors (Lipinski definition) is 1. The molecule has 0 aliphatic carbocycles. The first-order valence-corrected chi connectivity index (χ1v) is 8.10. The molecule has 2 amide bonds. The Morgan fingerprint density at radius 1 is 1.04 bits per heavy atom. The molecule has 0 unspecified atom stereocenters. The number of rotatable bonds is 5. The van der Waals surface area contributed by atoms with E-state index in [1.54, 1.807) is 38.4 Å². The Hall–Kier alpha value is -2.82. The van der Waals surface area contributed by atoms with Gasteiger partial charge in [-0.3, -0.25) is 9.59 Å². The lowest BCUT2D eigenvalue weighted by Crippen LogP contribution is -2.23. The van der Waals surface area contributed by atoms with Gasteiger partial charge >= 0.3 is 0 Å². The minimum absolute atomic E-state index is 0.0863. The van der Waals surface area contributed by atoms with Gasteiger partial charge in [-0.25, -0.2) is 0 Å². The summed E-state index contributed by atoms with van der Waals surface area (Å²) in [6, 6.07) is 10.9. The molecule has 0 radical (unpaired) electrons. The molecular formula is C20H24N2O3. The maximum Gasteiger partial charge on any atom is 0.262 e. The van der Waals surface area contributed by atoms with Crippen molar-refractivity contribution >= 4 is 17.5 Å². The Morgan fingerprint density at radius 3 is 2.40 bits per heavy atom. The van der Waals surface area contributed by atoms with Crippen molar-refractivity contribution in [1.29, 1.82) is 0 Å². The van der Waals surface area contributed by atoms with E-state index in [4.69, 9.17) is 4.74 Å². The van der Waals surface area contributed by atoms with Crippen molar-refractivity contribution in [1.82, 2.24) is 4.90 Å². The van der Waals surface area contributed by atoms with Crippen molar-refractivity contribution in [3.63, 3.8) is 0 Å².